The summed E-state index contributed by atoms with van der Waals surface area (Å²) < 4.78 is 55.5. The number of para-hydroxylation sites is 2. The van der Waals surface area contributed by atoms with Gasteiger partial charge in [-0.15, -0.1) is 0 Å². The number of aromatic nitrogens is 1. The number of hydrogen-bond donors (Lipinski definition) is 2. The minimum absolute atomic E-state index is 0.0698. The van der Waals surface area contributed by atoms with Crippen molar-refractivity contribution in [2.45, 2.75) is 23.8 Å². The number of benzene rings is 2. The van der Waals surface area contributed by atoms with Crippen LogP contribution in [0.3, 0.4) is 0 Å². The van der Waals surface area contributed by atoms with E-state index in [0.29, 0.717) is 12.5 Å². The molecule has 176 valence electrons. The van der Waals surface area contributed by atoms with Crippen LogP contribution in [0.25, 0.3) is 0 Å². The zero-order valence-corrected chi connectivity index (χ0v) is 18.6. The van der Waals surface area contributed by atoms with Gasteiger partial charge in [-0.05, 0) is 48.4 Å². The molecule has 11 heteroatoms. The summed E-state index contributed by atoms with van der Waals surface area (Å²) in [6.07, 6.45) is 3.26. The van der Waals surface area contributed by atoms with E-state index < -0.39 is 50.8 Å². The Morgan fingerprint density at radius 3 is 2.56 bits per heavy atom. The van der Waals surface area contributed by atoms with Gasteiger partial charge in [-0.1, -0.05) is 12.1 Å². The minimum Gasteiger partial charge on any atom is -0.356 e. The SMILES string of the molecule is O=C(CC1C(=O)Nc2ccccc2N1S(=O)(=O)c1ccc(F)cc1F)NCCc1ccncc1. The maximum absolute atomic E-state index is 14.5. The first-order valence-electron chi connectivity index (χ1n) is 10.3. The van der Waals surface area contributed by atoms with Crippen LogP contribution >= 0.6 is 0 Å². The van der Waals surface area contributed by atoms with Gasteiger partial charge in [0.25, 0.3) is 10.0 Å². The van der Waals surface area contributed by atoms with Crippen LogP contribution in [0.2, 0.25) is 0 Å². The first-order chi connectivity index (χ1) is 16.3. The molecule has 2 amide bonds. The van der Waals surface area contributed by atoms with E-state index in [-0.39, 0.29) is 17.9 Å². The largest absolute Gasteiger partial charge is 0.356 e. The monoisotopic (exact) mass is 486 g/mol. The van der Waals surface area contributed by atoms with E-state index in [0.717, 1.165) is 22.0 Å². The van der Waals surface area contributed by atoms with Crippen LogP contribution in [-0.4, -0.2) is 37.8 Å². The van der Waals surface area contributed by atoms with Crippen molar-refractivity contribution in [3.05, 3.63) is 84.2 Å². The number of halogens is 2. The Hall–Kier alpha value is -3.86. The molecule has 1 aliphatic heterocycles. The van der Waals surface area contributed by atoms with Crippen LogP contribution in [0.15, 0.2) is 71.9 Å². The lowest BCUT2D eigenvalue weighted by atomic mass is 10.1. The van der Waals surface area contributed by atoms with Gasteiger partial charge in [0.15, 0.2) is 0 Å². The number of carbonyl (C=O) groups is 2. The number of nitrogens with one attached hydrogen (secondary N) is 2. The zero-order valence-electron chi connectivity index (χ0n) is 17.7. The molecule has 2 aromatic carbocycles. The van der Waals surface area contributed by atoms with E-state index in [9.17, 15) is 26.8 Å². The predicted octanol–water partition coefficient (Wildman–Crippen LogP) is 2.62. The number of nitrogens with zero attached hydrogens (tertiary/aromatic N) is 2. The molecule has 34 heavy (non-hydrogen) atoms. The van der Waals surface area contributed by atoms with E-state index >= 15 is 0 Å². The average Bonchev–Trinajstić information content (AvgIpc) is 2.80. The van der Waals surface area contributed by atoms with Gasteiger partial charge in [0.1, 0.15) is 22.6 Å². The van der Waals surface area contributed by atoms with Crippen LogP contribution < -0.4 is 14.9 Å². The number of pyridine rings is 1. The first kappa shape index (κ1) is 23.3. The van der Waals surface area contributed by atoms with Crippen molar-refractivity contribution in [2.24, 2.45) is 0 Å². The van der Waals surface area contributed by atoms with E-state index in [2.05, 4.69) is 15.6 Å². The molecule has 0 fully saturated rings. The highest BCUT2D eigenvalue weighted by Crippen LogP contribution is 2.37. The second-order valence-corrected chi connectivity index (χ2v) is 9.34. The Labute approximate surface area is 194 Å². The van der Waals surface area contributed by atoms with E-state index in [1.807, 2.05) is 0 Å². The highest BCUT2D eigenvalue weighted by molar-refractivity contribution is 7.93. The third-order valence-corrected chi connectivity index (χ3v) is 7.14. The number of rotatable bonds is 7. The summed E-state index contributed by atoms with van der Waals surface area (Å²) in [4.78, 5) is 28.6. The van der Waals surface area contributed by atoms with Crippen LogP contribution in [0.5, 0.6) is 0 Å². The molecule has 0 spiro atoms. The normalized spacial score (nSPS) is 15.4. The molecule has 0 radical (unpaired) electrons. The first-order valence-corrected chi connectivity index (χ1v) is 11.8. The summed E-state index contributed by atoms with van der Waals surface area (Å²) in [5, 5.41) is 5.26. The van der Waals surface area contributed by atoms with Crippen molar-refractivity contribution in [1.82, 2.24) is 10.3 Å². The van der Waals surface area contributed by atoms with E-state index in [1.54, 1.807) is 36.7 Å². The van der Waals surface area contributed by atoms with Crippen molar-refractivity contribution in [3.8, 4) is 0 Å². The van der Waals surface area contributed by atoms with Crippen LogP contribution in [0.4, 0.5) is 20.2 Å². The fourth-order valence-corrected chi connectivity index (χ4v) is 5.35. The summed E-state index contributed by atoms with van der Waals surface area (Å²) in [5.41, 5.74) is 1.20. The van der Waals surface area contributed by atoms with Crippen molar-refractivity contribution < 1.29 is 26.8 Å². The molecular formula is C23H20F2N4O4S. The highest BCUT2D eigenvalue weighted by atomic mass is 32.2. The molecule has 1 atom stereocenters. The summed E-state index contributed by atoms with van der Waals surface area (Å²) >= 11 is 0. The average molecular weight is 487 g/mol. The summed E-state index contributed by atoms with van der Waals surface area (Å²) in [6.45, 7) is 0.257. The lowest BCUT2D eigenvalue weighted by Crippen LogP contribution is -2.53. The van der Waals surface area contributed by atoms with E-state index in [1.165, 1.54) is 12.1 Å². The highest BCUT2D eigenvalue weighted by Gasteiger charge is 2.42. The van der Waals surface area contributed by atoms with Gasteiger partial charge in [0.2, 0.25) is 11.8 Å². The summed E-state index contributed by atoms with van der Waals surface area (Å²) in [7, 11) is -4.67. The van der Waals surface area contributed by atoms with Gasteiger partial charge in [-0.25, -0.2) is 17.2 Å². The van der Waals surface area contributed by atoms with Gasteiger partial charge in [-0.2, -0.15) is 0 Å². The van der Waals surface area contributed by atoms with Crippen molar-refractivity contribution in [1.29, 1.82) is 0 Å². The number of fused-ring (bicyclic) bond motifs is 1. The standard InChI is InChI=1S/C23H20F2N4O4S/c24-16-5-6-21(17(25)13-16)34(32,33)29-19-4-2-1-3-18(19)28-23(31)20(29)14-22(30)27-12-9-15-7-10-26-11-8-15/h1-8,10-11,13,20H,9,12,14H2,(H,27,30)(H,28,31). The Kier molecular flexibility index (Phi) is 6.55. The minimum atomic E-state index is -4.67. The van der Waals surface area contributed by atoms with Gasteiger partial charge >= 0.3 is 0 Å². The second kappa shape index (κ2) is 9.56. The molecule has 1 unspecified atom stereocenters. The summed E-state index contributed by atoms with van der Waals surface area (Å²) in [6, 6.07) is 10.2. The molecule has 0 bridgehead atoms. The molecule has 1 aromatic heterocycles. The van der Waals surface area contributed by atoms with Gasteiger partial charge in [0.05, 0.1) is 17.8 Å². The number of amides is 2. The lowest BCUT2D eigenvalue weighted by molar-refractivity contribution is -0.125. The molecule has 4 rings (SSSR count). The van der Waals surface area contributed by atoms with E-state index in [4.69, 9.17) is 0 Å². The van der Waals surface area contributed by atoms with Gasteiger partial charge < -0.3 is 10.6 Å². The van der Waals surface area contributed by atoms with Crippen LogP contribution in [0, 0.1) is 11.6 Å². The maximum Gasteiger partial charge on any atom is 0.268 e. The molecule has 2 N–H and O–H groups in total. The molecule has 2 heterocycles. The van der Waals surface area contributed by atoms with Gasteiger partial charge in [0, 0.05) is 25.0 Å². The quantitative estimate of drug-likeness (QED) is 0.534. The van der Waals surface area contributed by atoms with Crippen LogP contribution in [0.1, 0.15) is 12.0 Å². The predicted molar refractivity (Wildman–Crippen MR) is 120 cm³/mol. The molecule has 0 saturated carbocycles. The number of hydrogen-bond acceptors (Lipinski definition) is 5. The Morgan fingerprint density at radius 1 is 1.09 bits per heavy atom. The smallest absolute Gasteiger partial charge is 0.268 e. The Balaban J connectivity index is 1.62. The zero-order chi connectivity index (χ0) is 24.3. The third kappa shape index (κ3) is 4.74. The molecule has 0 aliphatic carbocycles. The topological polar surface area (TPSA) is 108 Å². The maximum atomic E-state index is 14.5. The number of sulfonamides is 1. The molecule has 8 nitrogen and oxygen atoms in total. The number of carbonyl (C=O) groups excluding carboxylic acids is 2. The molecule has 1 aliphatic rings. The second-order valence-electron chi connectivity index (χ2n) is 7.56. The fourth-order valence-electron chi connectivity index (χ4n) is 3.67. The fraction of sp³-hybridized carbons (Fsp3) is 0.174. The van der Waals surface area contributed by atoms with Crippen molar-refractivity contribution in [3.63, 3.8) is 0 Å². The summed E-state index contributed by atoms with van der Waals surface area (Å²) in [5.74, 6) is -3.55. The van der Waals surface area contributed by atoms with Crippen LogP contribution in [-0.2, 0) is 26.0 Å². The van der Waals surface area contributed by atoms with Crippen molar-refractivity contribution >= 4 is 33.2 Å². The molecule has 0 saturated heterocycles. The Bertz CT molecular complexity index is 1340. The Morgan fingerprint density at radius 2 is 1.82 bits per heavy atom. The van der Waals surface area contributed by atoms with Gasteiger partial charge in [-0.3, -0.25) is 18.9 Å². The third-order valence-electron chi connectivity index (χ3n) is 5.28. The number of anilines is 2. The molecular weight excluding hydrogens is 466 g/mol. The van der Waals surface area contributed by atoms with Crippen molar-refractivity contribution in [2.75, 3.05) is 16.2 Å². The molecule has 3 aromatic rings. The lowest BCUT2D eigenvalue weighted by Gasteiger charge is -2.36.